The lowest BCUT2D eigenvalue weighted by molar-refractivity contribution is 1.20. The Hall–Kier alpha value is 0.270. The standard InChI is InChI=1S/C11H14S3/c1-6-5-10(12-7(6)2)11-13-8(3)9(4)14-11/h5H2,1-4H3. The summed E-state index contributed by atoms with van der Waals surface area (Å²) >= 11 is 5.87. The van der Waals surface area contributed by atoms with Crippen molar-refractivity contribution in [3.05, 3.63) is 29.4 Å². The van der Waals surface area contributed by atoms with Crippen LogP contribution in [0.1, 0.15) is 34.1 Å². The first-order valence-corrected chi connectivity index (χ1v) is 7.13. The van der Waals surface area contributed by atoms with Gasteiger partial charge in [0.2, 0.25) is 0 Å². The van der Waals surface area contributed by atoms with Gasteiger partial charge in [-0.1, -0.05) is 40.9 Å². The van der Waals surface area contributed by atoms with Gasteiger partial charge in [0.25, 0.3) is 0 Å². The molecule has 0 saturated heterocycles. The van der Waals surface area contributed by atoms with E-state index in [0.29, 0.717) is 0 Å². The second-order valence-corrected chi connectivity index (χ2v) is 7.66. The van der Waals surface area contributed by atoms with E-state index in [1.54, 1.807) is 10.5 Å². The van der Waals surface area contributed by atoms with Crippen molar-refractivity contribution in [2.24, 2.45) is 0 Å². The van der Waals surface area contributed by atoms with Gasteiger partial charge in [0, 0.05) is 11.3 Å². The Morgan fingerprint density at radius 1 is 0.786 bits per heavy atom. The maximum absolute atomic E-state index is 2.24. The minimum absolute atomic E-state index is 1.17. The average Bonchev–Trinajstić information content (AvgIpc) is 2.60. The highest BCUT2D eigenvalue weighted by Crippen LogP contribution is 2.55. The van der Waals surface area contributed by atoms with Gasteiger partial charge < -0.3 is 0 Å². The van der Waals surface area contributed by atoms with E-state index in [9.17, 15) is 0 Å². The van der Waals surface area contributed by atoms with Crippen LogP contribution in [0, 0.1) is 0 Å². The highest BCUT2D eigenvalue weighted by Gasteiger charge is 2.22. The molecule has 2 rings (SSSR count). The fourth-order valence-electron chi connectivity index (χ4n) is 1.34. The molecule has 2 aliphatic rings. The van der Waals surface area contributed by atoms with Crippen molar-refractivity contribution in [2.75, 3.05) is 0 Å². The summed E-state index contributed by atoms with van der Waals surface area (Å²) in [5, 5.41) is 0. The van der Waals surface area contributed by atoms with Crippen LogP contribution in [0.4, 0.5) is 0 Å². The van der Waals surface area contributed by atoms with E-state index in [1.807, 2.05) is 35.3 Å². The first-order valence-electron chi connectivity index (χ1n) is 4.68. The van der Waals surface area contributed by atoms with Crippen LogP contribution in [0.2, 0.25) is 0 Å². The van der Waals surface area contributed by atoms with Gasteiger partial charge in [0.1, 0.15) is 0 Å². The molecule has 0 aliphatic carbocycles. The maximum Gasteiger partial charge on any atom is 0.0594 e. The van der Waals surface area contributed by atoms with E-state index in [2.05, 4.69) is 27.7 Å². The summed E-state index contributed by atoms with van der Waals surface area (Å²) in [6.07, 6.45) is 1.17. The van der Waals surface area contributed by atoms with Gasteiger partial charge in [0.05, 0.1) is 4.24 Å². The predicted molar refractivity (Wildman–Crippen MR) is 71.2 cm³/mol. The molecule has 2 aliphatic heterocycles. The molecule has 0 spiro atoms. The number of hydrogen-bond donors (Lipinski definition) is 0. The third-order valence-corrected chi connectivity index (χ3v) is 6.74. The lowest BCUT2D eigenvalue weighted by atomic mass is 10.2. The highest BCUT2D eigenvalue weighted by molar-refractivity contribution is 8.29. The van der Waals surface area contributed by atoms with Crippen LogP contribution in [0.25, 0.3) is 0 Å². The number of rotatable bonds is 0. The third-order valence-electron chi connectivity index (χ3n) is 2.52. The molecule has 0 N–H and O–H groups in total. The van der Waals surface area contributed by atoms with Gasteiger partial charge in [-0.3, -0.25) is 0 Å². The zero-order valence-corrected chi connectivity index (χ0v) is 11.4. The van der Waals surface area contributed by atoms with Crippen molar-refractivity contribution >= 4 is 35.3 Å². The summed E-state index contributed by atoms with van der Waals surface area (Å²) in [6.45, 7) is 8.90. The molecule has 0 bridgehead atoms. The molecule has 0 aromatic carbocycles. The minimum atomic E-state index is 1.17. The van der Waals surface area contributed by atoms with Crippen LogP contribution < -0.4 is 0 Å². The predicted octanol–water partition coefficient (Wildman–Crippen LogP) is 5.32. The molecule has 0 saturated carbocycles. The van der Waals surface area contributed by atoms with E-state index >= 15 is 0 Å². The lowest BCUT2D eigenvalue weighted by Gasteiger charge is -2.01. The van der Waals surface area contributed by atoms with E-state index < -0.39 is 0 Å². The summed E-state index contributed by atoms with van der Waals surface area (Å²) in [5.74, 6) is 0. The summed E-state index contributed by atoms with van der Waals surface area (Å²) in [6, 6.07) is 0. The first kappa shape index (κ1) is 10.8. The summed E-state index contributed by atoms with van der Waals surface area (Å²) < 4.78 is 1.52. The second-order valence-electron chi connectivity index (χ2n) is 3.64. The van der Waals surface area contributed by atoms with Crippen LogP contribution in [-0.2, 0) is 0 Å². The summed E-state index contributed by atoms with van der Waals surface area (Å²) in [4.78, 5) is 6.00. The summed E-state index contributed by atoms with van der Waals surface area (Å²) in [5.41, 5.74) is 1.54. The van der Waals surface area contributed by atoms with Gasteiger partial charge in [-0.2, -0.15) is 0 Å². The zero-order chi connectivity index (χ0) is 10.3. The number of thioether (sulfide) groups is 3. The number of hydrogen-bond acceptors (Lipinski definition) is 3. The largest absolute Gasteiger partial charge is 0.0973 e. The molecule has 0 fully saturated rings. The van der Waals surface area contributed by atoms with E-state index in [-0.39, 0.29) is 0 Å². The second kappa shape index (κ2) is 4.03. The fraction of sp³-hybridized carbons (Fsp3) is 0.455. The van der Waals surface area contributed by atoms with E-state index in [1.165, 1.54) is 25.4 Å². The molecule has 0 aromatic rings. The van der Waals surface area contributed by atoms with Gasteiger partial charge in [0.15, 0.2) is 0 Å². The molecule has 3 heteroatoms. The van der Waals surface area contributed by atoms with Crippen LogP contribution >= 0.6 is 35.3 Å². The molecule has 0 unspecified atom stereocenters. The van der Waals surface area contributed by atoms with Crippen LogP contribution in [0.5, 0.6) is 0 Å². The Balaban J connectivity index is 2.17. The molecule has 0 radical (unpaired) electrons. The Labute approximate surface area is 98.7 Å². The molecule has 0 atom stereocenters. The zero-order valence-electron chi connectivity index (χ0n) is 8.93. The minimum Gasteiger partial charge on any atom is -0.0973 e. The Kier molecular flexibility index (Phi) is 3.10. The molecule has 0 amide bonds. The van der Waals surface area contributed by atoms with E-state index in [0.717, 1.165) is 0 Å². The quantitative estimate of drug-likeness (QED) is 0.564. The van der Waals surface area contributed by atoms with Crippen LogP contribution in [0.3, 0.4) is 0 Å². The smallest absolute Gasteiger partial charge is 0.0594 e. The highest BCUT2D eigenvalue weighted by atomic mass is 32.2. The molecule has 0 aromatic heterocycles. The lowest BCUT2D eigenvalue weighted by Crippen LogP contribution is -1.74. The van der Waals surface area contributed by atoms with Crippen molar-refractivity contribution in [3.63, 3.8) is 0 Å². The number of allylic oxidation sites excluding steroid dienone is 5. The van der Waals surface area contributed by atoms with Crippen LogP contribution in [0.15, 0.2) is 29.4 Å². The Morgan fingerprint density at radius 3 is 1.79 bits per heavy atom. The normalized spacial score (nSPS) is 23.1. The molecule has 0 nitrogen and oxygen atoms in total. The van der Waals surface area contributed by atoms with Crippen molar-refractivity contribution in [1.82, 2.24) is 0 Å². The van der Waals surface area contributed by atoms with E-state index in [4.69, 9.17) is 0 Å². The topological polar surface area (TPSA) is 0 Å². The summed E-state index contributed by atoms with van der Waals surface area (Å²) in [7, 11) is 0. The molecular weight excluding hydrogens is 228 g/mol. The molecule has 2 heterocycles. The van der Waals surface area contributed by atoms with Gasteiger partial charge >= 0.3 is 0 Å². The monoisotopic (exact) mass is 242 g/mol. The van der Waals surface area contributed by atoms with Crippen molar-refractivity contribution in [2.45, 2.75) is 34.1 Å². The SMILES string of the molecule is CC1=C(C)SC(=C2SC(C)=C(C)S2)C1. The molecule has 76 valence electrons. The van der Waals surface area contributed by atoms with Gasteiger partial charge in [-0.25, -0.2) is 0 Å². The van der Waals surface area contributed by atoms with Gasteiger partial charge in [-0.15, -0.1) is 0 Å². The first-order chi connectivity index (χ1) is 6.58. The van der Waals surface area contributed by atoms with Crippen molar-refractivity contribution in [1.29, 1.82) is 0 Å². The van der Waals surface area contributed by atoms with Crippen molar-refractivity contribution < 1.29 is 0 Å². The average molecular weight is 242 g/mol. The van der Waals surface area contributed by atoms with Gasteiger partial charge in [-0.05, 0) is 42.4 Å². The molecule has 14 heavy (non-hydrogen) atoms. The molecular formula is C11H14S3. The third kappa shape index (κ3) is 1.95. The fourth-order valence-corrected chi connectivity index (χ4v) is 5.21. The Bertz CT molecular complexity index is 304. The van der Waals surface area contributed by atoms with Crippen molar-refractivity contribution in [3.8, 4) is 0 Å². The van der Waals surface area contributed by atoms with Crippen LogP contribution in [-0.4, -0.2) is 0 Å². The Morgan fingerprint density at radius 2 is 1.36 bits per heavy atom. The maximum atomic E-state index is 2.24.